The quantitative estimate of drug-likeness (QED) is 0.450. The van der Waals surface area contributed by atoms with Gasteiger partial charge in [0.25, 0.3) is 0 Å². The number of aromatic nitrogens is 2. The number of carbonyl (C=O) groups excluding carboxylic acids is 1. The van der Waals surface area contributed by atoms with Gasteiger partial charge in [0.2, 0.25) is 5.91 Å². The smallest absolute Gasteiger partial charge is 0.416 e. The number of piperazine rings is 1. The first-order valence-electron chi connectivity index (χ1n) is 9.32. The maximum Gasteiger partial charge on any atom is 0.416 e. The third-order valence-corrected chi connectivity index (χ3v) is 4.55. The molecule has 1 fully saturated rings. The van der Waals surface area contributed by atoms with Crippen LogP contribution in [-0.2, 0) is 18.0 Å². The van der Waals surface area contributed by atoms with Crippen molar-refractivity contribution in [1.29, 1.82) is 0 Å². The molecule has 0 aliphatic carbocycles. The van der Waals surface area contributed by atoms with Crippen LogP contribution < -0.4 is 15.0 Å². The molecule has 1 aromatic carbocycles. The first kappa shape index (κ1) is 21.5. The van der Waals surface area contributed by atoms with Gasteiger partial charge in [-0.2, -0.15) is 18.3 Å². The number of anilines is 1. The van der Waals surface area contributed by atoms with E-state index in [0.29, 0.717) is 25.6 Å². The molecule has 0 spiro atoms. The minimum absolute atomic E-state index is 0.0718. The number of ether oxygens (including phenoxy) is 1. The molecule has 3 rings (SSSR count). The Kier molecular flexibility index (Phi) is 6.48. The molecule has 30 heavy (non-hydrogen) atoms. The second kappa shape index (κ2) is 9.06. The zero-order chi connectivity index (χ0) is 21.7. The molecule has 0 unspecified atom stereocenters. The maximum atomic E-state index is 12.8. The number of alkyl halides is 3. The summed E-state index contributed by atoms with van der Waals surface area (Å²) in [6.45, 7) is 1.69. The highest BCUT2D eigenvalue weighted by molar-refractivity contribution is 5.98. The fourth-order valence-electron chi connectivity index (χ4n) is 3.10. The minimum Gasteiger partial charge on any atom is -0.492 e. The number of guanidine groups is 1. The maximum absolute atomic E-state index is 12.8. The van der Waals surface area contributed by atoms with E-state index in [2.05, 4.69) is 15.4 Å². The predicted octanol–water partition coefficient (Wildman–Crippen LogP) is 1.74. The Bertz CT molecular complexity index is 912. The lowest BCUT2D eigenvalue weighted by molar-refractivity contribution is -0.137. The summed E-state index contributed by atoms with van der Waals surface area (Å²) in [5, 5.41) is 7.16. The normalized spacial score (nSPS) is 15.5. The predicted molar refractivity (Wildman–Crippen MR) is 105 cm³/mol. The van der Waals surface area contributed by atoms with E-state index in [4.69, 9.17) is 4.74 Å². The van der Waals surface area contributed by atoms with Gasteiger partial charge >= 0.3 is 6.18 Å². The summed E-state index contributed by atoms with van der Waals surface area (Å²) in [4.78, 5) is 20.2. The molecule has 1 amide bonds. The molecule has 0 atom stereocenters. The van der Waals surface area contributed by atoms with Crippen LogP contribution in [0.1, 0.15) is 5.56 Å². The van der Waals surface area contributed by atoms with E-state index in [0.717, 1.165) is 17.8 Å². The molecule has 1 aromatic heterocycles. The van der Waals surface area contributed by atoms with Gasteiger partial charge in [0.05, 0.1) is 24.0 Å². The topological polar surface area (TPSA) is 75.0 Å². The Balaban J connectivity index is 1.48. The lowest BCUT2D eigenvalue weighted by Gasteiger charge is -2.35. The summed E-state index contributed by atoms with van der Waals surface area (Å²) < 4.78 is 45.3. The van der Waals surface area contributed by atoms with Gasteiger partial charge in [-0.25, -0.2) is 0 Å². The van der Waals surface area contributed by atoms with Gasteiger partial charge in [0.15, 0.2) is 5.96 Å². The Hall–Kier alpha value is -3.24. The molecule has 0 saturated carbocycles. The SMILES string of the molecule is CN=C(NCCOc1cccc(C(F)(F)F)c1)N1CCN(c2cnn(C)c2)C(=O)C1. The lowest BCUT2D eigenvalue weighted by atomic mass is 10.2. The number of hydrogen-bond acceptors (Lipinski definition) is 4. The molecule has 2 heterocycles. The van der Waals surface area contributed by atoms with E-state index in [1.807, 2.05) is 4.90 Å². The molecule has 11 heteroatoms. The summed E-state index contributed by atoms with van der Waals surface area (Å²) in [5.41, 5.74) is -0.00616. The summed E-state index contributed by atoms with van der Waals surface area (Å²) in [6.07, 6.45) is -0.984. The van der Waals surface area contributed by atoms with E-state index < -0.39 is 11.7 Å². The van der Waals surface area contributed by atoms with Crippen LogP contribution in [0.25, 0.3) is 0 Å². The fraction of sp³-hybridized carbons (Fsp3) is 0.421. The number of halogens is 3. The minimum atomic E-state index is -4.41. The number of amides is 1. The van der Waals surface area contributed by atoms with Gasteiger partial charge < -0.3 is 19.9 Å². The largest absolute Gasteiger partial charge is 0.492 e. The van der Waals surface area contributed by atoms with Gasteiger partial charge in [-0.3, -0.25) is 14.5 Å². The molecular formula is C19H23F3N6O2. The molecule has 0 radical (unpaired) electrons. The number of benzene rings is 1. The number of aryl methyl sites for hydroxylation is 1. The van der Waals surface area contributed by atoms with E-state index in [-0.39, 0.29) is 24.8 Å². The average Bonchev–Trinajstić information content (AvgIpc) is 3.13. The average molecular weight is 424 g/mol. The molecule has 1 aliphatic rings. The molecule has 1 aliphatic heterocycles. The first-order chi connectivity index (χ1) is 14.3. The molecule has 2 aromatic rings. The van der Waals surface area contributed by atoms with Crippen molar-refractivity contribution in [3.05, 3.63) is 42.2 Å². The number of nitrogens with one attached hydrogen (secondary N) is 1. The van der Waals surface area contributed by atoms with Crippen LogP contribution in [0.2, 0.25) is 0 Å². The number of carbonyl (C=O) groups is 1. The van der Waals surface area contributed by atoms with Crippen molar-refractivity contribution < 1.29 is 22.7 Å². The van der Waals surface area contributed by atoms with E-state index >= 15 is 0 Å². The molecular weight excluding hydrogens is 401 g/mol. The van der Waals surface area contributed by atoms with Crippen LogP contribution in [0.4, 0.5) is 18.9 Å². The Morgan fingerprint density at radius 2 is 2.13 bits per heavy atom. The van der Waals surface area contributed by atoms with Crippen LogP contribution in [0.15, 0.2) is 41.7 Å². The van der Waals surface area contributed by atoms with Crippen LogP contribution >= 0.6 is 0 Å². The second-order valence-electron chi connectivity index (χ2n) is 6.69. The molecule has 1 saturated heterocycles. The van der Waals surface area contributed by atoms with Gasteiger partial charge in [-0.1, -0.05) is 6.07 Å². The van der Waals surface area contributed by atoms with Gasteiger partial charge in [-0.05, 0) is 18.2 Å². The number of rotatable bonds is 5. The van der Waals surface area contributed by atoms with Crippen molar-refractivity contribution in [1.82, 2.24) is 20.0 Å². The molecule has 8 nitrogen and oxygen atoms in total. The standard InChI is InChI=1S/C19H23F3N6O2/c1-23-18(24-6-9-30-16-5-3-4-14(10-16)19(20,21)22)27-7-8-28(17(29)13-27)15-11-25-26(2)12-15/h3-5,10-12H,6-9,13H2,1-2H3,(H,23,24). The zero-order valence-corrected chi connectivity index (χ0v) is 16.7. The third-order valence-electron chi connectivity index (χ3n) is 4.55. The van der Waals surface area contributed by atoms with Crippen LogP contribution in [0, 0.1) is 0 Å². The van der Waals surface area contributed by atoms with Crippen LogP contribution in [0.3, 0.4) is 0 Å². The van der Waals surface area contributed by atoms with E-state index in [1.165, 1.54) is 12.1 Å². The summed E-state index contributed by atoms with van der Waals surface area (Å²) in [6, 6.07) is 4.73. The molecule has 0 bridgehead atoms. The van der Waals surface area contributed by atoms with Crippen molar-refractivity contribution >= 4 is 17.6 Å². The van der Waals surface area contributed by atoms with Gasteiger partial charge in [-0.15, -0.1) is 0 Å². The highest BCUT2D eigenvalue weighted by atomic mass is 19.4. The zero-order valence-electron chi connectivity index (χ0n) is 16.7. The first-order valence-corrected chi connectivity index (χ1v) is 9.32. The van der Waals surface area contributed by atoms with Crippen molar-refractivity contribution in [3.63, 3.8) is 0 Å². The summed E-state index contributed by atoms with van der Waals surface area (Å²) in [5.74, 6) is 0.598. The van der Waals surface area contributed by atoms with Crippen LogP contribution in [-0.4, -0.2) is 66.4 Å². The molecule has 1 N–H and O–H groups in total. The van der Waals surface area contributed by atoms with E-state index in [1.54, 1.807) is 36.1 Å². The monoisotopic (exact) mass is 424 g/mol. The van der Waals surface area contributed by atoms with Crippen LogP contribution in [0.5, 0.6) is 5.75 Å². The number of aliphatic imine (C=N–C) groups is 1. The van der Waals surface area contributed by atoms with E-state index in [9.17, 15) is 18.0 Å². The summed E-state index contributed by atoms with van der Waals surface area (Å²) in [7, 11) is 3.39. The highest BCUT2D eigenvalue weighted by Crippen LogP contribution is 2.31. The third kappa shape index (κ3) is 5.22. The second-order valence-corrected chi connectivity index (χ2v) is 6.69. The number of nitrogens with zero attached hydrogens (tertiary/aromatic N) is 5. The summed E-state index contributed by atoms with van der Waals surface area (Å²) >= 11 is 0. The van der Waals surface area contributed by atoms with Gasteiger partial charge in [0, 0.05) is 33.4 Å². The lowest BCUT2D eigenvalue weighted by Crippen LogP contribution is -2.55. The Labute approximate surface area is 171 Å². The number of hydrogen-bond donors (Lipinski definition) is 1. The Morgan fingerprint density at radius 1 is 1.33 bits per heavy atom. The Morgan fingerprint density at radius 3 is 2.77 bits per heavy atom. The molecule has 162 valence electrons. The fourth-order valence-corrected chi connectivity index (χ4v) is 3.10. The van der Waals surface area contributed by atoms with Crippen molar-refractivity contribution in [3.8, 4) is 5.75 Å². The van der Waals surface area contributed by atoms with Crippen molar-refractivity contribution in [2.75, 3.05) is 44.7 Å². The highest BCUT2D eigenvalue weighted by Gasteiger charge is 2.30. The van der Waals surface area contributed by atoms with Crippen molar-refractivity contribution in [2.24, 2.45) is 12.0 Å². The van der Waals surface area contributed by atoms with Gasteiger partial charge in [0.1, 0.15) is 18.9 Å². The van der Waals surface area contributed by atoms with Crippen molar-refractivity contribution in [2.45, 2.75) is 6.18 Å².